The number of alkyl carbamates (subject to hydrolysis) is 1. The molecule has 1 saturated heterocycles. The minimum atomic E-state index is -0.459. The summed E-state index contributed by atoms with van der Waals surface area (Å²) in [5.74, 6) is 1.92. The normalized spacial score (nSPS) is 16.1. The largest absolute Gasteiger partial charge is 0.481 e. The zero-order valence-electron chi connectivity index (χ0n) is 14.3. The van der Waals surface area contributed by atoms with Gasteiger partial charge in [0.15, 0.2) is 0 Å². The van der Waals surface area contributed by atoms with Crippen LogP contribution in [-0.2, 0) is 4.74 Å². The number of amides is 1. The number of hydrogen-bond acceptors (Lipinski definition) is 6. The zero-order chi connectivity index (χ0) is 16.9. The van der Waals surface area contributed by atoms with Crippen molar-refractivity contribution in [3.05, 3.63) is 12.4 Å². The van der Waals surface area contributed by atoms with Gasteiger partial charge in [-0.15, -0.1) is 0 Å². The first-order valence-corrected chi connectivity index (χ1v) is 7.95. The first-order chi connectivity index (χ1) is 10.9. The molecule has 1 aliphatic heterocycles. The number of hydrogen-bond donors (Lipinski definition) is 1. The van der Waals surface area contributed by atoms with Gasteiger partial charge in [-0.1, -0.05) is 0 Å². The van der Waals surface area contributed by atoms with Crippen LogP contribution in [0.25, 0.3) is 0 Å². The van der Waals surface area contributed by atoms with Crippen molar-refractivity contribution < 1.29 is 14.3 Å². The minimum Gasteiger partial charge on any atom is -0.481 e. The van der Waals surface area contributed by atoms with E-state index in [0.29, 0.717) is 18.3 Å². The van der Waals surface area contributed by atoms with Crippen molar-refractivity contribution in [1.82, 2.24) is 15.3 Å². The van der Waals surface area contributed by atoms with Crippen LogP contribution < -0.4 is 15.0 Å². The molecule has 2 rings (SSSR count). The van der Waals surface area contributed by atoms with Crippen molar-refractivity contribution in [2.45, 2.75) is 39.2 Å². The average Bonchev–Trinajstić information content (AvgIpc) is 2.52. The second kappa shape index (κ2) is 7.48. The second-order valence-corrected chi connectivity index (χ2v) is 6.73. The molecule has 7 heteroatoms. The molecule has 1 amide bonds. The summed E-state index contributed by atoms with van der Waals surface area (Å²) in [5.41, 5.74) is -0.459. The second-order valence-electron chi connectivity index (χ2n) is 6.73. The lowest BCUT2D eigenvalue weighted by atomic mass is 9.97. The van der Waals surface area contributed by atoms with Crippen molar-refractivity contribution in [2.75, 3.05) is 31.6 Å². The third kappa shape index (κ3) is 5.58. The molecular formula is C16H26N4O3. The highest BCUT2D eigenvalue weighted by Gasteiger charge is 2.22. The molecular weight excluding hydrogens is 296 g/mol. The van der Waals surface area contributed by atoms with Crippen molar-refractivity contribution in [2.24, 2.45) is 5.92 Å². The van der Waals surface area contributed by atoms with E-state index < -0.39 is 5.60 Å². The summed E-state index contributed by atoms with van der Waals surface area (Å²) < 4.78 is 10.4. The summed E-state index contributed by atoms with van der Waals surface area (Å²) in [4.78, 5) is 22.2. The van der Waals surface area contributed by atoms with Crippen LogP contribution in [0.1, 0.15) is 33.6 Å². The van der Waals surface area contributed by atoms with Gasteiger partial charge in [-0.25, -0.2) is 14.8 Å². The quantitative estimate of drug-likeness (QED) is 0.916. The molecule has 0 bridgehead atoms. The van der Waals surface area contributed by atoms with Gasteiger partial charge >= 0.3 is 6.09 Å². The van der Waals surface area contributed by atoms with Crippen molar-refractivity contribution in [3.63, 3.8) is 0 Å². The summed E-state index contributed by atoms with van der Waals surface area (Å²) in [6.07, 6.45) is 3.18. The number of carbonyl (C=O) groups excluding carboxylic acids is 1. The fraction of sp³-hybridized carbons (Fsp3) is 0.688. The monoisotopic (exact) mass is 322 g/mol. The fourth-order valence-electron chi connectivity index (χ4n) is 2.52. The van der Waals surface area contributed by atoms with Crippen LogP contribution in [0.15, 0.2) is 12.4 Å². The van der Waals surface area contributed by atoms with Gasteiger partial charge in [0, 0.05) is 25.7 Å². The maximum Gasteiger partial charge on any atom is 0.407 e. The number of piperidine rings is 1. The van der Waals surface area contributed by atoms with Crippen LogP contribution in [0.2, 0.25) is 0 Å². The van der Waals surface area contributed by atoms with Crippen LogP contribution in [0.3, 0.4) is 0 Å². The highest BCUT2D eigenvalue weighted by Crippen LogP contribution is 2.23. The summed E-state index contributed by atoms with van der Waals surface area (Å²) >= 11 is 0. The Hall–Kier alpha value is -2.05. The lowest BCUT2D eigenvalue weighted by Gasteiger charge is -2.33. The Morgan fingerprint density at radius 2 is 2.04 bits per heavy atom. The van der Waals surface area contributed by atoms with Crippen molar-refractivity contribution in [1.29, 1.82) is 0 Å². The first-order valence-electron chi connectivity index (χ1n) is 7.95. The highest BCUT2D eigenvalue weighted by atomic mass is 16.6. The Bertz CT molecular complexity index is 522. The molecule has 0 spiro atoms. The predicted molar refractivity (Wildman–Crippen MR) is 87.8 cm³/mol. The highest BCUT2D eigenvalue weighted by molar-refractivity contribution is 5.67. The molecule has 1 aromatic heterocycles. The SMILES string of the molecule is COc1cc(N2CCC(CNC(=O)OC(C)(C)C)CC2)ncn1. The summed E-state index contributed by atoms with van der Waals surface area (Å²) in [5, 5.41) is 2.86. The molecule has 0 atom stereocenters. The molecule has 1 fully saturated rings. The Kier molecular flexibility index (Phi) is 5.63. The van der Waals surface area contributed by atoms with Gasteiger partial charge in [-0.05, 0) is 39.5 Å². The maximum atomic E-state index is 11.7. The maximum absolute atomic E-state index is 11.7. The van der Waals surface area contributed by atoms with Gasteiger partial charge in [0.2, 0.25) is 5.88 Å². The number of ether oxygens (including phenoxy) is 2. The van der Waals surface area contributed by atoms with E-state index in [1.807, 2.05) is 26.8 Å². The van der Waals surface area contributed by atoms with Gasteiger partial charge in [0.1, 0.15) is 17.7 Å². The lowest BCUT2D eigenvalue weighted by Crippen LogP contribution is -2.40. The molecule has 2 heterocycles. The standard InChI is InChI=1S/C16H26N4O3/c1-16(2,3)23-15(21)17-10-12-5-7-20(8-6-12)13-9-14(22-4)19-11-18-13/h9,11-12H,5-8,10H2,1-4H3,(H,17,21). The van der Waals surface area contributed by atoms with Crippen LogP contribution in [-0.4, -0.2) is 48.4 Å². The molecule has 0 unspecified atom stereocenters. The number of nitrogens with zero attached hydrogens (tertiary/aromatic N) is 3. The van der Waals surface area contributed by atoms with Gasteiger partial charge < -0.3 is 19.7 Å². The Morgan fingerprint density at radius 1 is 1.35 bits per heavy atom. The first kappa shape index (κ1) is 17.3. The van der Waals surface area contributed by atoms with Gasteiger partial charge in [0.05, 0.1) is 7.11 Å². The van der Waals surface area contributed by atoms with Crippen LogP contribution in [0.5, 0.6) is 5.88 Å². The summed E-state index contributed by atoms with van der Waals surface area (Å²) in [6.45, 7) is 8.04. The van der Waals surface area contributed by atoms with E-state index in [4.69, 9.17) is 9.47 Å². The molecule has 1 aromatic rings. The van der Waals surface area contributed by atoms with Crippen LogP contribution in [0, 0.1) is 5.92 Å². The van der Waals surface area contributed by atoms with E-state index in [0.717, 1.165) is 31.7 Å². The Labute approximate surface area is 137 Å². The number of nitrogens with one attached hydrogen (secondary N) is 1. The van der Waals surface area contributed by atoms with E-state index in [-0.39, 0.29) is 6.09 Å². The van der Waals surface area contributed by atoms with Crippen molar-refractivity contribution >= 4 is 11.9 Å². The lowest BCUT2D eigenvalue weighted by molar-refractivity contribution is 0.0517. The molecule has 23 heavy (non-hydrogen) atoms. The Morgan fingerprint density at radius 3 is 2.65 bits per heavy atom. The third-order valence-corrected chi connectivity index (χ3v) is 3.71. The average molecular weight is 322 g/mol. The van der Waals surface area contributed by atoms with Crippen LogP contribution >= 0.6 is 0 Å². The summed E-state index contributed by atoms with van der Waals surface area (Å²) in [7, 11) is 1.60. The van der Waals surface area contributed by atoms with E-state index in [2.05, 4.69) is 20.2 Å². The molecule has 0 aliphatic carbocycles. The number of aromatic nitrogens is 2. The fourth-order valence-corrected chi connectivity index (χ4v) is 2.52. The van der Waals surface area contributed by atoms with E-state index in [1.165, 1.54) is 6.33 Å². The molecule has 1 aliphatic rings. The smallest absolute Gasteiger partial charge is 0.407 e. The number of methoxy groups -OCH3 is 1. The van der Waals surface area contributed by atoms with Crippen LogP contribution in [0.4, 0.5) is 10.6 Å². The van der Waals surface area contributed by atoms with E-state index in [9.17, 15) is 4.79 Å². The Balaban J connectivity index is 1.76. The number of rotatable bonds is 4. The number of anilines is 1. The predicted octanol–water partition coefficient (Wildman–Crippen LogP) is 2.23. The molecule has 1 N–H and O–H groups in total. The molecule has 0 aromatic carbocycles. The molecule has 0 saturated carbocycles. The van der Waals surface area contributed by atoms with Gasteiger partial charge in [0.25, 0.3) is 0 Å². The molecule has 0 radical (unpaired) electrons. The minimum absolute atomic E-state index is 0.347. The molecule has 128 valence electrons. The van der Waals surface area contributed by atoms with Gasteiger partial charge in [-0.3, -0.25) is 0 Å². The van der Waals surface area contributed by atoms with Gasteiger partial charge in [-0.2, -0.15) is 0 Å². The third-order valence-electron chi connectivity index (χ3n) is 3.71. The topological polar surface area (TPSA) is 76.6 Å². The van der Waals surface area contributed by atoms with Crippen molar-refractivity contribution in [3.8, 4) is 5.88 Å². The zero-order valence-corrected chi connectivity index (χ0v) is 14.3. The van der Waals surface area contributed by atoms with E-state index >= 15 is 0 Å². The van der Waals surface area contributed by atoms with E-state index in [1.54, 1.807) is 7.11 Å². The number of carbonyl (C=O) groups is 1. The summed E-state index contributed by atoms with van der Waals surface area (Å²) in [6, 6.07) is 1.85. The molecule has 7 nitrogen and oxygen atoms in total.